The number of hydrogen-bond acceptors (Lipinski definition) is 3. The van der Waals surface area contributed by atoms with Crippen LogP contribution in [0.15, 0.2) is 30.3 Å². The highest BCUT2D eigenvalue weighted by atomic mass is 16.4. The van der Waals surface area contributed by atoms with Crippen LogP contribution in [0.2, 0.25) is 0 Å². The van der Waals surface area contributed by atoms with Crippen molar-refractivity contribution in [1.82, 2.24) is 0 Å². The second kappa shape index (κ2) is 7.59. The maximum Gasteiger partial charge on any atom is 0.314 e. The van der Waals surface area contributed by atoms with Crippen molar-refractivity contribution in [3.05, 3.63) is 35.9 Å². The highest BCUT2D eigenvalue weighted by molar-refractivity contribution is 6.07. The van der Waals surface area contributed by atoms with Crippen molar-refractivity contribution in [1.29, 1.82) is 0 Å². The van der Waals surface area contributed by atoms with E-state index < -0.39 is 11.9 Å². The number of carbonyl (C=O) groups excluding carboxylic acids is 1. The van der Waals surface area contributed by atoms with Crippen molar-refractivity contribution in [2.45, 2.75) is 13.8 Å². The molecule has 0 saturated heterocycles. The van der Waals surface area contributed by atoms with Crippen LogP contribution in [0.25, 0.3) is 0 Å². The molecule has 0 aromatic heterocycles. The third kappa shape index (κ3) is 4.70. The minimum Gasteiger partial charge on any atom is -0.481 e. The number of ketones is 1. The topological polar surface area (TPSA) is 74.6 Å². The van der Waals surface area contributed by atoms with Crippen LogP contribution in [-0.4, -0.2) is 28.6 Å². The van der Waals surface area contributed by atoms with Crippen molar-refractivity contribution in [3.8, 4) is 0 Å². The second-order valence-corrected chi connectivity index (χ2v) is 3.11. The molecule has 0 bridgehead atoms. The lowest BCUT2D eigenvalue weighted by Crippen LogP contribution is -2.20. The zero-order valence-electron chi connectivity index (χ0n) is 9.38. The van der Waals surface area contributed by atoms with E-state index >= 15 is 0 Å². The summed E-state index contributed by atoms with van der Waals surface area (Å²) in [6, 6.07) is 8.43. The molecule has 2 N–H and O–H groups in total. The summed E-state index contributed by atoms with van der Waals surface area (Å²) in [7, 11) is 0. The summed E-state index contributed by atoms with van der Waals surface area (Å²) in [6.45, 7) is 3.32. The van der Waals surface area contributed by atoms with Gasteiger partial charge in [0.15, 0.2) is 5.78 Å². The van der Waals surface area contributed by atoms with Crippen molar-refractivity contribution in [2.24, 2.45) is 5.92 Å². The van der Waals surface area contributed by atoms with Crippen molar-refractivity contribution >= 4 is 11.8 Å². The van der Waals surface area contributed by atoms with Crippen LogP contribution < -0.4 is 0 Å². The van der Waals surface area contributed by atoms with Crippen LogP contribution in [0.4, 0.5) is 0 Å². The summed E-state index contributed by atoms with van der Waals surface area (Å²) in [6.07, 6.45) is 0. The number of carbonyl (C=O) groups is 2. The lowest BCUT2D eigenvalue weighted by atomic mass is 10.00. The monoisotopic (exact) mass is 224 g/mol. The largest absolute Gasteiger partial charge is 0.481 e. The average Bonchev–Trinajstić information content (AvgIpc) is 2.29. The highest BCUT2D eigenvalue weighted by Crippen LogP contribution is 2.08. The number of Topliss-reactive ketones (excluding diaryl/α,β-unsaturated/α-hetero) is 1. The number of carboxylic acids is 1. The molecular weight excluding hydrogens is 208 g/mol. The molecule has 1 unspecified atom stereocenters. The van der Waals surface area contributed by atoms with Gasteiger partial charge in [-0.1, -0.05) is 30.3 Å². The van der Waals surface area contributed by atoms with Gasteiger partial charge in [0.25, 0.3) is 0 Å². The summed E-state index contributed by atoms with van der Waals surface area (Å²) in [5.74, 6) is -2.41. The first kappa shape index (κ1) is 14.3. The van der Waals surface area contributed by atoms with E-state index in [1.807, 2.05) is 0 Å². The normalized spacial score (nSPS) is 10.9. The number of aliphatic carboxylic acids is 1. The van der Waals surface area contributed by atoms with Gasteiger partial charge >= 0.3 is 5.97 Å². The molecule has 0 aliphatic rings. The Bertz CT molecular complexity index is 332. The maximum absolute atomic E-state index is 11.4. The minimum atomic E-state index is -1.09. The van der Waals surface area contributed by atoms with Crippen LogP contribution in [-0.2, 0) is 4.79 Å². The average molecular weight is 224 g/mol. The molecule has 0 heterocycles. The Balaban J connectivity index is 0.000000673. The third-order valence-electron chi connectivity index (χ3n) is 1.82. The lowest BCUT2D eigenvalue weighted by Gasteiger charge is -2.03. The van der Waals surface area contributed by atoms with Crippen molar-refractivity contribution in [2.75, 3.05) is 6.61 Å². The van der Waals surface area contributed by atoms with Crippen molar-refractivity contribution in [3.63, 3.8) is 0 Å². The molecule has 88 valence electrons. The van der Waals surface area contributed by atoms with Gasteiger partial charge in [0.1, 0.15) is 5.92 Å². The Labute approximate surface area is 94.5 Å². The Morgan fingerprint density at radius 3 is 2.06 bits per heavy atom. The van der Waals surface area contributed by atoms with Crippen LogP contribution >= 0.6 is 0 Å². The van der Waals surface area contributed by atoms with Gasteiger partial charge in [-0.05, 0) is 13.8 Å². The van der Waals surface area contributed by atoms with Gasteiger partial charge in [0, 0.05) is 12.2 Å². The first-order valence-corrected chi connectivity index (χ1v) is 4.97. The van der Waals surface area contributed by atoms with E-state index in [9.17, 15) is 9.59 Å². The molecule has 0 fully saturated rings. The number of hydrogen-bond donors (Lipinski definition) is 2. The van der Waals surface area contributed by atoms with Gasteiger partial charge in [0.05, 0.1) is 0 Å². The number of aliphatic hydroxyl groups excluding tert-OH is 1. The highest BCUT2D eigenvalue weighted by Gasteiger charge is 2.21. The molecule has 0 amide bonds. The summed E-state index contributed by atoms with van der Waals surface area (Å²) in [5.41, 5.74) is 0.442. The molecule has 0 spiro atoms. The molecule has 0 radical (unpaired) electrons. The Kier molecular flexibility index (Phi) is 6.79. The SMILES string of the molecule is CC(C(=O)O)C(=O)c1ccccc1.CCO. The number of aliphatic hydroxyl groups is 1. The quantitative estimate of drug-likeness (QED) is 0.604. The number of rotatable bonds is 3. The smallest absolute Gasteiger partial charge is 0.314 e. The number of carboxylic acid groups (broad SMARTS) is 1. The van der Waals surface area contributed by atoms with E-state index in [1.54, 1.807) is 37.3 Å². The zero-order valence-corrected chi connectivity index (χ0v) is 9.38. The van der Waals surface area contributed by atoms with Gasteiger partial charge in [-0.15, -0.1) is 0 Å². The summed E-state index contributed by atoms with van der Waals surface area (Å²) in [5, 5.41) is 16.2. The van der Waals surface area contributed by atoms with Crippen LogP contribution in [0.3, 0.4) is 0 Å². The molecule has 4 heteroatoms. The van der Waals surface area contributed by atoms with E-state index in [0.717, 1.165) is 0 Å². The zero-order chi connectivity index (χ0) is 12.6. The molecule has 4 nitrogen and oxygen atoms in total. The van der Waals surface area contributed by atoms with E-state index in [1.165, 1.54) is 6.92 Å². The van der Waals surface area contributed by atoms with Crippen LogP contribution in [0.1, 0.15) is 24.2 Å². The first-order valence-electron chi connectivity index (χ1n) is 4.97. The molecule has 1 rings (SSSR count). The van der Waals surface area contributed by atoms with E-state index in [0.29, 0.717) is 5.56 Å². The van der Waals surface area contributed by atoms with Crippen LogP contribution in [0.5, 0.6) is 0 Å². The van der Waals surface area contributed by atoms with Crippen molar-refractivity contribution < 1.29 is 19.8 Å². The minimum absolute atomic E-state index is 0.250. The third-order valence-corrected chi connectivity index (χ3v) is 1.82. The van der Waals surface area contributed by atoms with Gasteiger partial charge in [-0.2, -0.15) is 0 Å². The molecular formula is C12H16O4. The molecule has 1 atom stereocenters. The molecule has 1 aromatic carbocycles. The Morgan fingerprint density at radius 2 is 1.69 bits per heavy atom. The Morgan fingerprint density at radius 1 is 1.25 bits per heavy atom. The fourth-order valence-corrected chi connectivity index (χ4v) is 0.965. The van der Waals surface area contributed by atoms with E-state index in [-0.39, 0.29) is 12.4 Å². The molecule has 0 saturated carbocycles. The van der Waals surface area contributed by atoms with E-state index in [4.69, 9.17) is 10.2 Å². The predicted octanol–water partition coefficient (Wildman–Crippen LogP) is 1.59. The summed E-state index contributed by atoms with van der Waals surface area (Å²) < 4.78 is 0. The fourth-order valence-electron chi connectivity index (χ4n) is 0.965. The van der Waals surface area contributed by atoms with E-state index in [2.05, 4.69) is 0 Å². The Hall–Kier alpha value is -1.68. The molecule has 16 heavy (non-hydrogen) atoms. The number of benzene rings is 1. The maximum atomic E-state index is 11.4. The predicted molar refractivity (Wildman–Crippen MR) is 60.3 cm³/mol. The summed E-state index contributed by atoms with van der Waals surface area (Å²) in [4.78, 5) is 21.9. The molecule has 0 aliphatic carbocycles. The van der Waals surface area contributed by atoms with Crippen LogP contribution in [0, 0.1) is 5.92 Å². The first-order chi connectivity index (χ1) is 7.54. The van der Waals surface area contributed by atoms with Gasteiger partial charge in [-0.3, -0.25) is 9.59 Å². The van der Waals surface area contributed by atoms with Gasteiger partial charge in [0.2, 0.25) is 0 Å². The fraction of sp³-hybridized carbons (Fsp3) is 0.333. The molecule has 1 aromatic rings. The van der Waals surface area contributed by atoms with Gasteiger partial charge < -0.3 is 10.2 Å². The second-order valence-electron chi connectivity index (χ2n) is 3.11. The molecule has 0 aliphatic heterocycles. The standard InChI is InChI=1S/C10H10O3.C2H6O/c1-7(10(12)13)9(11)8-5-3-2-4-6-8;1-2-3/h2-7H,1H3,(H,12,13);3H,2H2,1H3. The van der Waals surface area contributed by atoms with Gasteiger partial charge in [-0.25, -0.2) is 0 Å². The summed E-state index contributed by atoms with van der Waals surface area (Å²) >= 11 is 0. The lowest BCUT2D eigenvalue weighted by molar-refractivity contribution is -0.139.